The first-order valence-electron chi connectivity index (χ1n) is 6.88. The van der Waals surface area contributed by atoms with Gasteiger partial charge >= 0.3 is 0 Å². The van der Waals surface area contributed by atoms with Crippen LogP contribution in [0.1, 0.15) is 11.3 Å². The molecule has 0 saturated heterocycles. The Kier molecular flexibility index (Phi) is 4.85. The van der Waals surface area contributed by atoms with Crippen LogP contribution in [0, 0.1) is 0 Å². The molecule has 0 saturated carbocycles. The SMILES string of the molecule is O=C(/C=C/c1ccccc1Cl)NCc1cn(-c2cccs2)nn1. The van der Waals surface area contributed by atoms with E-state index in [0.717, 1.165) is 10.6 Å². The van der Waals surface area contributed by atoms with E-state index in [2.05, 4.69) is 15.6 Å². The van der Waals surface area contributed by atoms with E-state index < -0.39 is 0 Å². The maximum absolute atomic E-state index is 11.8. The van der Waals surface area contributed by atoms with E-state index in [4.69, 9.17) is 11.6 Å². The molecule has 0 aliphatic heterocycles. The van der Waals surface area contributed by atoms with Crippen LogP contribution >= 0.6 is 22.9 Å². The van der Waals surface area contributed by atoms with Gasteiger partial charge < -0.3 is 5.32 Å². The zero-order valence-electron chi connectivity index (χ0n) is 12.0. The number of aromatic nitrogens is 3. The van der Waals surface area contributed by atoms with E-state index >= 15 is 0 Å². The van der Waals surface area contributed by atoms with Crippen molar-refractivity contribution >= 4 is 34.9 Å². The third-order valence-electron chi connectivity index (χ3n) is 3.04. The zero-order chi connectivity index (χ0) is 16.1. The maximum Gasteiger partial charge on any atom is 0.244 e. The summed E-state index contributed by atoms with van der Waals surface area (Å²) in [6.07, 6.45) is 4.93. The van der Waals surface area contributed by atoms with Crippen LogP contribution in [0.4, 0.5) is 0 Å². The van der Waals surface area contributed by atoms with Crippen molar-refractivity contribution in [1.82, 2.24) is 20.3 Å². The van der Waals surface area contributed by atoms with Crippen LogP contribution in [0.5, 0.6) is 0 Å². The fourth-order valence-corrected chi connectivity index (χ4v) is 2.75. The molecule has 23 heavy (non-hydrogen) atoms. The highest BCUT2D eigenvalue weighted by Crippen LogP contribution is 2.16. The van der Waals surface area contributed by atoms with Crippen LogP contribution in [0.3, 0.4) is 0 Å². The molecule has 3 aromatic rings. The smallest absolute Gasteiger partial charge is 0.244 e. The van der Waals surface area contributed by atoms with Crippen LogP contribution in [-0.2, 0) is 11.3 Å². The molecule has 0 bridgehead atoms. The molecule has 0 spiro atoms. The lowest BCUT2D eigenvalue weighted by Crippen LogP contribution is -2.20. The molecule has 1 amide bonds. The van der Waals surface area contributed by atoms with E-state index in [1.807, 2.05) is 35.7 Å². The zero-order valence-corrected chi connectivity index (χ0v) is 13.6. The van der Waals surface area contributed by atoms with Gasteiger partial charge in [-0.1, -0.05) is 35.0 Å². The molecule has 0 fully saturated rings. The van der Waals surface area contributed by atoms with Gasteiger partial charge in [-0.2, -0.15) is 0 Å². The molecule has 0 aliphatic carbocycles. The van der Waals surface area contributed by atoms with E-state index in [-0.39, 0.29) is 5.91 Å². The minimum absolute atomic E-state index is 0.212. The standard InChI is InChI=1S/C16H13ClN4OS/c17-14-5-2-1-4-12(14)7-8-15(22)18-10-13-11-21(20-19-13)16-6-3-9-23-16/h1-9,11H,10H2,(H,18,22)/b8-7+. The summed E-state index contributed by atoms with van der Waals surface area (Å²) >= 11 is 7.60. The van der Waals surface area contributed by atoms with Crippen molar-refractivity contribution in [2.75, 3.05) is 0 Å². The van der Waals surface area contributed by atoms with Gasteiger partial charge in [-0.25, -0.2) is 4.68 Å². The Balaban J connectivity index is 1.56. The molecule has 0 unspecified atom stereocenters. The molecule has 1 N–H and O–H groups in total. The number of hydrogen-bond acceptors (Lipinski definition) is 4. The summed E-state index contributed by atoms with van der Waals surface area (Å²) in [5.41, 5.74) is 1.49. The lowest BCUT2D eigenvalue weighted by molar-refractivity contribution is -0.116. The number of carbonyl (C=O) groups is 1. The minimum atomic E-state index is -0.212. The summed E-state index contributed by atoms with van der Waals surface area (Å²) in [5, 5.41) is 14.4. The van der Waals surface area contributed by atoms with Crippen LogP contribution in [0.25, 0.3) is 11.1 Å². The lowest BCUT2D eigenvalue weighted by atomic mass is 10.2. The second-order valence-corrected chi connectivity index (χ2v) is 6.01. The number of halogens is 1. The van der Waals surface area contributed by atoms with E-state index in [1.165, 1.54) is 6.08 Å². The molecule has 0 atom stereocenters. The van der Waals surface area contributed by atoms with Crippen molar-refractivity contribution in [3.8, 4) is 5.00 Å². The summed E-state index contributed by atoms with van der Waals surface area (Å²) in [5.74, 6) is -0.212. The van der Waals surface area contributed by atoms with Crippen molar-refractivity contribution < 1.29 is 4.79 Å². The Labute approximate surface area is 142 Å². The van der Waals surface area contributed by atoms with Gasteiger partial charge in [0.15, 0.2) is 0 Å². The number of thiophene rings is 1. The predicted octanol–water partition coefficient (Wildman–Crippen LogP) is 3.31. The number of rotatable bonds is 5. The molecular formula is C16H13ClN4OS. The fourth-order valence-electron chi connectivity index (χ4n) is 1.90. The maximum atomic E-state index is 11.8. The highest BCUT2D eigenvalue weighted by Gasteiger charge is 2.04. The molecule has 1 aromatic carbocycles. The van der Waals surface area contributed by atoms with Crippen molar-refractivity contribution in [2.24, 2.45) is 0 Å². The Bertz CT molecular complexity index is 826. The summed E-state index contributed by atoms with van der Waals surface area (Å²) in [6, 6.07) is 11.2. The summed E-state index contributed by atoms with van der Waals surface area (Å²) in [6.45, 7) is 0.317. The Morgan fingerprint density at radius 3 is 2.96 bits per heavy atom. The molecule has 3 rings (SSSR count). The molecule has 116 valence electrons. The molecule has 5 nitrogen and oxygen atoms in total. The van der Waals surface area contributed by atoms with Gasteiger partial charge in [-0.3, -0.25) is 4.79 Å². The van der Waals surface area contributed by atoms with Gasteiger partial charge in [0, 0.05) is 11.1 Å². The predicted molar refractivity (Wildman–Crippen MR) is 91.6 cm³/mol. The minimum Gasteiger partial charge on any atom is -0.347 e. The molecular weight excluding hydrogens is 332 g/mol. The summed E-state index contributed by atoms with van der Waals surface area (Å²) in [7, 11) is 0. The van der Waals surface area contributed by atoms with E-state index in [9.17, 15) is 4.79 Å². The number of carbonyl (C=O) groups excluding carboxylic acids is 1. The van der Waals surface area contributed by atoms with Crippen LogP contribution in [0.15, 0.2) is 54.1 Å². The quantitative estimate of drug-likeness (QED) is 0.722. The lowest BCUT2D eigenvalue weighted by Gasteiger charge is -1.99. The Morgan fingerprint density at radius 1 is 1.30 bits per heavy atom. The van der Waals surface area contributed by atoms with E-state index in [1.54, 1.807) is 34.4 Å². The van der Waals surface area contributed by atoms with Crippen molar-refractivity contribution in [3.63, 3.8) is 0 Å². The molecule has 0 aliphatic rings. The number of hydrogen-bond donors (Lipinski definition) is 1. The Morgan fingerprint density at radius 2 is 2.17 bits per heavy atom. The van der Waals surface area contributed by atoms with Crippen LogP contribution in [0.2, 0.25) is 5.02 Å². The third kappa shape index (κ3) is 4.06. The Hall–Kier alpha value is -2.44. The van der Waals surface area contributed by atoms with Gasteiger partial charge in [-0.05, 0) is 35.2 Å². The normalized spacial score (nSPS) is 11.0. The monoisotopic (exact) mass is 344 g/mol. The van der Waals surface area contributed by atoms with Crippen LogP contribution < -0.4 is 5.32 Å². The largest absolute Gasteiger partial charge is 0.347 e. The van der Waals surface area contributed by atoms with Gasteiger partial charge in [0.25, 0.3) is 0 Å². The topological polar surface area (TPSA) is 59.8 Å². The first kappa shape index (κ1) is 15.5. The molecule has 0 radical (unpaired) electrons. The highest BCUT2D eigenvalue weighted by atomic mass is 35.5. The number of benzene rings is 1. The fraction of sp³-hybridized carbons (Fsp3) is 0.0625. The number of nitrogens with zero attached hydrogens (tertiary/aromatic N) is 3. The molecule has 2 heterocycles. The highest BCUT2D eigenvalue weighted by molar-refractivity contribution is 7.12. The van der Waals surface area contributed by atoms with Crippen molar-refractivity contribution in [1.29, 1.82) is 0 Å². The molecule has 7 heteroatoms. The van der Waals surface area contributed by atoms with Crippen molar-refractivity contribution in [3.05, 3.63) is 70.3 Å². The van der Waals surface area contributed by atoms with Gasteiger partial charge in [-0.15, -0.1) is 16.4 Å². The van der Waals surface area contributed by atoms with Crippen LogP contribution in [-0.4, -0.2) is 20.9 Å². The average molecular weight is 345 g/mol. The second kappa shape index (κ2) is 7.21. The second-order valence-electron chi connectivity index (χ2n) is 4.68. The van der Waals surface area contributed by atoms with Crippen molar-refractivity contribution in [2.45, 2.75) is 6.54 Å². The average Bonchev–Trinajstić information content (AvgIpc) is 3.23. The first-order chi connectivity index (χ1) is 11.2. The van der Waals surface area contributed by atoms with Gasteiger partial charge in [0.2, 0.25) is 5.91 Å². The number of amides is 1. The van der Waals surface area contributed by atoms with Gasteiger partial charge in [0.1, 0.15) is 10.7 Å². The molecule has 2 aromatic heterocycles. The summed E-state index contributed by atoms with van der Waals surface area (Å²) < 4.78 is 1.69. The number of nitrogens with one attached hydrogen (secondary N) is 1. The summed E-state index contributed by atoms with van der Waals surface area (Å²) in [4.78, 5) is 11.8. The van der Waals surface area contributed by atoms with E-state index in [0.29, 0.717) is 17.3 Å². The third-order valence-corrected chi connectivity index (χ3v) is 4.24. The van der Waals surface area contributed by atoms with Gasteiger partial charge in [0.05, 0.1) is 12.7 Å². The first-order valence-corrected chi connectivity index (χ1v) is 8.14.